The van der Waals surface area contributed by atoms with Gasteiger partial charge in [-0.15, -0.1) is 0 Å². The first-order chi connectivity index (χ1) is 9.84. The normalized spacial score (nSPS) is 11.0. The summed E-state index contributed by atoms with van der Waals surface area (Å²) in [4.78, 5) is 11.6. The van der Waals surface area contributed by atoms with Crippen LogP contribution >= 0.6 is 0 Å². The number of anilines is 2. The average Bonchev–Trinajstić information content (AvgIpc) is 2.38. The van der Waals surface area contributed by atoms with Crippen molar-refractivity contribution in [3.8, 4) is 0 Å². The summed E-state index contributed by atoms with van der Waals surface area (Å²) in [5.41, 5.74) is 2.08. The number of rotatable bonds is 3. The third-order valence-electron chi connectivity index (χ3n) is 2.69. The summed E-state index contributed by atoms with van der Waals surface area (Å²) in [5, 5.41) is 5.22. The maximum Gasteiger partial charge on any atom is 0.323 e. The van der Waals surface area contributed by atoms with Crippen LogP contribution in [0.3, 0.4) is 0 Å². The molecule has 2 amide bonds. The van der Waals surface area contributed by atoms with Gasteiger partial charge < -0.3 is 10.6 Å². The minimum Gasteiger partial charge on any atom is -0.308 e. The molecule has 2 rings (SSSR count). The van der Waals surface area contributed by atoms with E-state index in [1.807, 2.05) is 25.1 Å². The van der Waals surface area contributed by atoms with Gasteiger partial charge in [0.2, 0.25) is 0 Å². The largest absolute Gasteiger partial charge is 0.323 e. The number of aryl methyl sites for hydroxylation is 1. The van der Waals surface area contributed by atoms with Gasteiger partial charge in [0, 0.05) is 11.4 Å². The Morgan fingerprint density at radius 2 is 1.62 bits per heavy atom. The summed E-state index contributed by atoms with van der Waals surface area (Å²) in [6.07, 6.45) is 0. The number of amides is 2. The van der Waals surface area contributed by atoms with Crippen molar-refractivity contribution in [1.29, 1.82) is 0 Å². The molecular weight excluding hydrogens is 292 g/mol. The van der Waals surface area contributed by atoms with Gasteiger partial charge in [-0.1, -0.05) is 12.1 Å². The van der Waals surface area contributed by atoms with Crippen LogP contribution in [0.1, 0.15) is 5.56 Å². The van der Waals surface area contributed by atoms with Crippen LogP contribution in [0.5, 0.6) is 0 Å². The van der Waals surface area contributed by atoms with Crippen molar-refractivity contribution in [2.75, 3.05) is 10.6 Å². The minimum atomic E-state index is -4.23. The van der Waals surface area contributed by atoms with Crippen LogP contribution in [0.4, 0.5) is 16.2 Å². The third kappa shape index (κ3) is 4.30. The van der Waals surface area contributed by atoms with E-state index in [9.17, 15) is 13.2 Å². The second-order valence-corrected chi connectivity index (χ2v) is 5.87. The maximum atomic E-state index is 11.8. The van der Waals surface area contributed by atoms with E-state index in [1.165, 1.54) is 24.3 Å². The van der Waals surface area contributed by atoms with Crippen molar-refractivity contribution in [3.63, 3.8) is 0 Å². The molecule has 0 heterocycles. The fourth-order valence-corrected chi connectivity index (χ4v) is 2.21. The molecule has 0 unspecified atom stereocenters. The van der Waals surface area contributed by atoms with Gasteiger partial charge >= 0.3 is 6.03 Å². The number of urea groups is 1. The quantitative estimate of drug-likeness (QED) is 0.760. The van der Waals surface area contributed by atoms with Gasteiger partial charge in [-0.05, 0) is 48.9 Å². The van der Waals surface area contributed by atoms with E-state index in [4.69, 9.17) is 4.55 Å². The molecule has 0 aliphatic rings. The second-order valence-electron chi connectivity index (χ2n) is 4.45. The number of carbonyl (C=O) groups excluding carboxylic acids is 1. The summed E-state index contributed by atoms with van der Waals surface area (Å²) >= 11 is 0. The predicted molar refractivity (Wildman–Crippen MR) is 80.1 cm³/mol. The van der Waals surface area contributed by atoms with E-state index >= 15 is 0 Å². The molecule has 3 N–H and O–H groups in total. The van der Waals surface area contributed by atoms with Gasteiger partial charge in [0.25, 0.3) is 10.1 Å². The predicted octanol–water partition coefficient (Wildman–Crippen LogP) is 2.89. The van der Waals surface area contributed by atoms with E-state index < -0.39 is 16.1 Å². The standard InChI is InChI=1S/C14H14N2O4S/c1-10-3-2-4-12(9-10)16-14(17)15-11-5-7-13(8-6-11)21(18,19)20/h2-9H,1H3,(H2,15,16,17)(H,18,19,20). The SMILES string of the molecule is Cc1cccc(NC(=O)Nc2ccc(S(=O)(=O)O)cc2)c1. The molecule has 0 radical (unpaired) electrons. The lowest BCUT2D eigenvalue weighted by molar-refractivity contribution is 0.262. The van der Waals surface area contributed by atoms with Gasteiger partial charge in [-0.25, -0.2) is 4.79 Å². The molecule has 21 heavy (non-hydrogen) atoms. The van der Waals surface area contributed by atoms with Crippen LogP contribution in [0.25, 0.3) is 0 Å². The molecule has 0 spiro atoms. The molecule has 7 heteroatoms. The van der Waals surface area contributed by atoms with Gasteiger partial charge in [-0.2, -0.15) is 8.42 Å². The summed E-state index contributed by atoms with van der Waals surface area (Å²) in [6.45, 7) is 1.91. The summed E-state index contributed by atoms with van der Waals surface area (Å²) in [6, 6.07) is 12.1. The molecule has 0 saturated carbocycles. The number of nitrogens with one attached hydrogen (secondary N) is 2. The van der Waals surface area contributed by atoms with E-state index in [0.717, 1.165) is 5.56 Å². The molecule has 0 aliphatic heterocycles. The first kappa shape index (κ1) is 15.0. The Morgan fingerprint density at radius 1 is 1.00 bits per heavy atom. The van der Waals surface area contributed by atoms with Gasteiger partial charge in [0.05, 0.1) is 4.90 Å². The number of hydrogen-bond acceptors (Lipinski definition) is 3. The van der Waals surface area contributed by atoms with Gasteiger partial charge in [-0.3, -0.25) is 4.55 Å². The van der Waals surface area contributed by atoms with E-state index in [0.29, 0.717) is 11.4 Å². The average molecular weight is 306 g/mol. The Morgan fingerprint density at radius 3 is 2.19 bits per heavy atom. The van der Waals surface area contributed by atoms with Crippen LogP contribution in [0, 0.1) is 6.92 Å². The van der Waals surface area contributed by atoms with E-state index in [1.54, 1.807) is 6.07 Å². The van der Waals surface area contributed by atoms with Gasteiger partial charge in [0.1, 0.15) is 0 Å². The fourth-order valence-electron chi connectivity index (χ4n) is 1.73. The Labute approximate surface area is 122 Å². The zero-order valence-corrected chi connectivity index (χ0v) is 12.0. The first-order valence-corrected chi connectivity index (χ1v) is 7.51. The molecule has 2 aromatic carbocycles. The highest BCUT2D eigenvalue weighted by atomic mass is 32.2. The zero-order chi connectivity index (χ0) is 15.5. The fraction of sp³-hybridized carbons (Fsp3) is 0.0714. The molecule has 2 aromatic rings. The van der Waals surface area contributed by atoms with E-state index in [-0.39, 0.29) is 4.90 Å². The second kappa shape index (κ2) is 5.94. The van der Waals surface area contributed by atoms with Crippen LogP contribution in [0.2, 0.25) is 0 Å². The monoisotopic (exact) mass is 306 g/mol. The van der Waals surface area contributed by atoms with Crippen LogP contribution in [-0.4, -0.2) is 19.0 Å². The molecule has 0 saturated heterocycles. The highest BCUT2D eigenvalue weighted by Crippen LogP contribution is 2.15. The summed E-state index contributed by atoms with van der Waals surface area (Å²) in [5.74, 6) is 0. The third-order valence-corrected chi connectivity index (χ3v) is 3.55. The van der Waals surface area contributed by atoms with Crippen molar-refractivity contribution in [3.05, 3.63) is 54.1 Å². The highest BCUT2D eigenvalue weighted by molar-refractivity contribution is 7.85. The Balaban J connectivity index is 2.03. The summed E-state index contributed by atoms with van der Waals surface area (Å²) < 4.78 is 30.6. The number of benzene rings is 2. The van der Waals surface area contributed by atoms with Crippen molar-refractivity contribution in [2.45, 2.75) is 11.8 Å². The van der Waals surface area contributed by atoms with Crippen LogP contribution in [0.15, 0.2) is 53.4 Å². The highest BCUT2D eigenvalue weighted by Gasteiger charge is 2.09. The lowest BCUT2D eigenvalue weighted by atomic mass is 10.2. The molecule has 0 fully saturated rings. The topological polar surface area (TPSA) is 95.5 Å². The Kier molecular flexibility index (Phi) is 4.25. The molecule has 0 aromatic heterocycles. The Hall–Kier alpha value is -2.38. The number of hydrogen-bond donors (Lipinski definition) is 3. The van der Waals surface area contributed by atoms with E-state index in [2.05, 4.69) is 10.6 Å². The van der Waals surface area contributed by atoms with Crippen LogP contribution in [-0.2, 0) is 10.1 Å². The number of carbonyl (C=O) groups is 1. The molecular formula is C14H14N2O4S. The van der Waals surface area contributed by atoms with Crippen molar-refractivity contribution < 1.29 is 17.8 Å². The molecule has 6 nitrogen and oxygen atoms in total. The lowest BCUT2D eigenvalue weighted by Crippen LogP contribution is -2.19. The Bertz CT molecular complexity index is 755. The zero-order valence-electron chi connectivity index (χ0n) is 11.2. The molecule has 0 aliphatic carbocycles. The summed E-state index contributed by atoms with van der Waals surface area (Å²) in [7, 11) is -4.23. The van der Waals surface area contributed by atoms with Gasteiger partial charge in [0.15, 0.2) is 0 Å². The molecule has 0 bridgehead atoms. The van der Waals surface area contributed by atoms with Crippen molar-refractivity contribution in [1.82, 2.24) is 0 Å². The van der Waals surface area contributed by atoms with Crippen molar-refractivity contribution in [2.24, 2.45) is 0 Å². The smallest absolute Gasteiger partial charge is 0.308 e. The minimum absolute atomic E-state index is 0.229. The lowest BCUT2D eigenvalue weighted by Gasteiger charge is -2.08. The first-order valence-electron chi connectivity index (χ1n) is 6.07. The maximum absolute atomic E-state index is 11.8. The molecule has 0 atom stereocenters. The van der Waals surface area contributed by atoms with Crippen LogP contribution < -0.4 is 10.6 Å². The van der Waals surface area contributed by atoms with Crippen molar-refractivity contribution >= 4 is 27.5 Å². The molecule has 110 valence electrons.